The van der Waals surface area contributed by atoms with Gasteiger partial charge in [0, 0.05) is 26.1 Å². The second-order valence-electron chi connectivity index (χ2n) is 6.68. The van der Waals surface area contributed by atoms with E-state index in [2.05, 4.69) is 4.90 Å². The third kappa shape index (κ3) is 5.96. The molecule has 1 aliphatic rings. The standard InChI is InChI=1S/C20H25NO5S2/c1-17-3-9-20(10-4-17)28(23,24)26-18-5-7-19(8-6-18)27(22)16-2-11-21-12-14-25-15-13-21/h3-10H,2,11-16H2,1H3. The Balaban J connectivity index is 1.53. The fourth-order valence-electron chi connectivity index (χ4n) is 2.89. The van der Waals surface area contributed by atoms with Gasteiger partial charge in [-0.2, -0.15) is 8.42 Å². The van der Waals surface area contributed by atoms with E-state index < -0.39 is 21.3 Å². The number of hydrogen-bond donors (Lipinski definition) is 0. The first-order chi connectivity index (χ1) is 13.4. The van der Waals surface area contributed by atoms with E-state index in [4.69, 9.17) is 8.92 Å². The van der Waals surface area contributed by atoms with Crippen LogP contribution in [-0.2, 0) is 26.0 Å². The number of morpholine rings is 1. The van der Waals surface area contributed by atoms with Crippen LogP contribution in [0, 0.1) is 6.92 Å². The van der Waals surface area contributed by atoms with E-state index in [1.165, 1.54) is 12.1 Å². The lowest BCUT2D eigenvalue weighted by Crippen LogP contribution is -2.37. The summed E-state index contributed by atoms with van der Waals surface area (Å²) in [5, 5.41) is 0. The molecule has 0 spiro atoms. The van der Waals surface area contributed by atoms with Crippen LogP contribution in [0.4, 0.5) is 0 Å². The van der Waals surface area contributed by atoms with E-state index in [1.807, 2.05) is 6.92 Å². The Morgan fingerprint density at radius 3 is 2.36 bits per heavy atom. The maximum atomic E-state index is 12.4. The van der Waals surface area contributed by atoms with Crippen LogP contribution in [0.1, 0.15) is 12.0 Å². The van der Waals surface area contributed by atoms with Crippen LogP contribution in [0.15, 0.2) is 58.3 Å². The fourth-order valence-corrected chi connectivity index (χ4v) is 4.89. The van der Waals surface area contributed by atoms with Crippen molar-refractivity contribution in [1.82, 2.24) is 4.90 Å². The summed E-state index contributed by atoms with van der Waals surface area (Å²) in [7, 11) is -3.88. The molecule has 152 valence electrons. The van der Waals surface area contributed by atoms with Crippen molar-refractivity contribution in [2.75, 3.05) is 38.6 Å². The molecule has 1 atom stereocenters. The van der Waals surface area contributed by atoms with Crippen LogP contribution >= 0.6 is 0 Å². The normalized spacial score (nSPS) is 16.6. The van der Waals surface area contributed by atoms with Gasteiger partial charge in [-0.15, -0.1) is 0 Å². The van der Waals surface area contributed by atoms with Crippen molar-refractivity contribution in [1.29, 1.82) is 0 Å². The molecule has 0 bridgehead atoms. The van der Waals surface area contributed by atoms with E-state index in [1.54, 1.807) is 36.4 Å². The van der Waals surface area contributed by atoms with Gasteiger partial charge in [-0.05, 0) is 54.5 Å². The molecule has 6 nitrogen and oxygen atoms in total. The van der Waals surface area contributed by atoms with Gasteiger partial charge in [-0.1, -0.05) is 17.7 Å². The molecule has 8 heteroatoms. The van der Waals surface area contributed by atoms with Crippen molar-refractivity contribution in [3.63, 3.8) is 0 Å². The molecule has 1 fully saturated rings. The lowest BCUT2D eigenvalue weighted by Gasteiger charge is -2.26. The lowest BCUT2D eigenvalue weighted by atomic mass is 10.2. The average molecular weight is 424 g/mol. The summed E-state index contributed by atoms with van der Waals surface area (Å²) >= 11 is -1.12. The maximum absolute atomic E-state index is 12.4. The quantitative estimate of drug-likeness (QED) is 0.480. The van der Waals surface area contributed by atoms with E-state index >= 15 is 0 Å². The van der Waals surface area contributed by atoms with Crippen LogP contribution in [0.5, 0.6) is 5.75 Å². The number of nitrogens with zero attached hydrogens (tertiary/aromatic N) is 1. The highest BCUT2D eigenvalue weighted by Gasteiger charge is 2.18. The van der Waals surface area contributed by atoms with Gasteiger partial charge >= 0.3 is 10.1 Å². The smallest absolute Gasteiger partial charge is 0.339 e. The summed E-state index contributed by atoms with van der Waals surface area (Å²) in [4.78, 5) is 3.09. The molecule has 0 saturated carbocycles. The SMILES string of the molecule is Cc1ccc(S(=O)(=O)Oc2ccc([S+]([O-])CCCN3CCOCC3)cc2)cc1. The molecule has 2 aromatic carbocycles. The molecular weight excluding hydrogens is 398 g/mol. The molecule has 1 unspecified atom stereocenters. The van der Waals surface area contributed by atoms with Crippen LogP contribution in [0.25, 0.3) is 0 Å². The highest BCUT2D eigenvalue weighted by atomic mass is 32.2. The number of ether oxygens (including phenoxy) is 1. The monoisotopic (exact) mass is 423 g/mol. The van der Waals surface area contributed by atoms with Crippen molar-refractivity contribution in [2.24, 2.45) is 0 Å². The number of aryl methyl sites for hydroxylation is 1. The second-order valence-corrected chi connectivity index (χ2v) is 9.80. The van der Waals surface area contributed by atoms with Crippen molar-refractivity contribution in [3.05, 3.63) is 54.1 Å². The predicted molar refractivity (Wildman–Crippen MR) is 109 cm³/mol. The van der Waals surface area contributed by atoms with Crippen molar-refractivity contribution >= 4 is 21.3 Å². The van der Waals surface area contributed by atoms with Crippen molar-refractivity contribution in [3.8, 4) is 5.75 Å². The van der Waals surface area contributed by atoms with Crippen LogP contribution < -0.4 is 4.18 Å². The third-order valence-corrected chi connectivity index (χ3v) is 7.23. The largest absolute Gasteiger partial charge is 0.611 e. The fraction of sp³-hybridized carbons (Fsp3) is 0.400. The average Bonchev–Trinajstić information content (AvgIpc) is 2.69. The summed E-state index contributed by atoms with van der Waals surface area (Å²) in [5.41, 5.74) is 0.972. The third-order valence-electron chi connectivity index (χ3n) is 4.51. The molecule has 28 heavy (non-hydrogen) atoms. The van der Waals surface area contributed by atoms with E-state index in [-0.39, 0.29) is 10.6 Å². The van der Waals surface area contributed by atoms with E-state index in [0.717, 1.165) is 44.8 Å². The first-order valence-corrected chi connectivity index (χ1v) is 12.0. The van der Waals surface area contributed by atoms with Crippen LogP contribution in [0.2, 0.25) is 0 Å². The van der Waals surface area contributed by atoms with Gasteiger partial charge in [0.25, 0.3) is 0 Å². The van der Waals surface area contributed by atoms with Gasteiger partial charge in [0.1, 0.15) is 16.4 Å². The topological polar surface area (TPSA) is 78.9 Å². The van der Waals surface area contributed by atoms with Crippen LogP contribution in [-0.4, -0.2) is 56.5 Å². The summed E-state index contributed by atoms with van der Waals surface area (Å²) in [5.74, 6) is 0.772. The zero-order chi connectivity index (χ0) is 20.0. The molecule has 0 radical (unpaired) electrons. The van der Waals surface area contributed by atoms with E-state index in [0.29, 0.717) is 10.6 Å². The second kappa shape index (κ2) is 9.76. The Labute approximate surface area is 169 Å². The lowest BCUT2D eigenvalue weighted by molar-refractivity contribution is 0.0381. The summed E-state index contributed by atoms with van der Waals surface area (Å²) in [6, 6.07) is 12.9. The predicted octanol–water partition coefficient (Wildman–Crippen LogP) is 2.59. The van der Waals surface area contributed by atoms with Gasteiger partial charge in [0.05, 0.1) is 13.2 Å². The zero-order valence-electron chi connectivity index (χ0n) is 15.9. The number of hydrogen-bond acceptors (Lipinski definition) is 6. The summed E-state index contributed by atoms with van der Waals surface area (Å²) in [6.45, 7) is 6.16. The minimum Gasteiger partial charge on any atom is -0.611 e. The van der Waals surface area contributed by atoms with Crippen molar-refractivity contribution in [2.45, 2.75) is 23.1 Å². The first kappa shape index (κ1) is 21.1. The molecule has 0 N–H and O–H groups in total. The molecular formula is C20H25NO5S2. The molecule has 2 aromatic rings. The molecule has 0 aromatic heterocycles. The molecule has 0 amide bonds. The van der Waals surface area contributed by atoms with Gasteiger partial charge in [-0.3, -0.25) is 4.90 Å². The van der Waals surface area contributed by atoms with Crippen molar-refractivity contribution < 1.29 is 21.9 Å². The molecule has 1 aliphatic heterocycles. The molecule has 3 rings (SSSR count). The maximum Gasteiger partial charge on any atom is 0.339 e. The Kier molecular flexibility index (Phi) is 7.36. The minimum absolute atomic E-state index is 0.105. The summed E-state index contributed by atoms with van der Waals surface area (Å²) < 4.78 is 47.6. The number of benzene rings is 2. The van der Waals surface area contributed by atoms with Gasteiger partial charge in [0.2, 0.25) is 0 Å². The van der Waals surface area contributed by atoms with Gasteiger partial charge < -0.3 is 13.5 Å². The van der Waals surface area contributed by atoms with Gasteiger partial charge in [0.15, 0.2) is 4.90 Å². The Hall–Kier alpha value is -1.58. The molecule has 1 saturated heterocycles. The highest BCUT2D eigenvalue weighted by molar-refractivity contribution is 7.91. The highest BCUT2D eigenvalue weighted by Crippen LogP contribution is 2.22. The van der Waals surface area contributed by atoms with E-state index in [9.17, 15) is 13.0 Å². The zero-order valence-corrected chi connectivity index (χ0v) is 17.5. The minimum atomic E-state index is -3.88. The molecule has 0 aliphatic carbocycles. The number of rotatable bonds is 8. The Morgan fingerprint density at radius 1 is 1.07 bits per heavy atom. The Bertz CT molecular complexity index is 847. The van der Waals surface area contributed by atoms with Gasteiger partial charge in [-0.25, -0.2) is 0 Å². The summed E-state index contributed by atoms with van der Waals surface area (Å²) in [6.07, 6.45) is 0.840. The van der Waals surface area contributed by atoms with Crippen LogP contribution in [0.3, 0.4) is 0 Å². The molecule has 1 heterocycles. The Morgan fingerprint density at radius 2 is 1.71 bits per heavy atom. The first-order valence-electron chi connectivity index (χ1n) is 9.24.